The summed E-state index contributed by atoms with van der Waals surface area (Å²) in [4.78, 5) is 21.6. The summed E-state index contributed by atoms with van der Waals surface area (Å²) in [6, 6.07) is 0.325. The molecule has 0 saturated carbocycles. The summed E-state index contributed by atoms with van der Waals surface area (Å²) in [5, 5.41) is 14.7. The van der Waals surface area contributed by atoms with Crippen LogP contribution in [0.3, 0.4) is 0 Å². The largest absolute Gasteiger partial charge is 0.364 e. The van der Waals surface area contributed by atoms with E-state index in [4.69, 9.17) is 0 Å². The van der Waals surface area contributed by atoms with Crippen molar-refractivity contribution in [3.05, 3.63) is 16.4 Å². The molecule has 1 aliphatic heterocycles. The molecule has 0 aromatic carbocycles. The summed E-state index contributed by atoms with van der Waals surface area (Å²) in [6.45, 7) is 5.72. The van der Waals surface area contributed by atoms with Gasteiger partial charge in [0.05, 0.1) is 4.92 Å². The standard InChI is InChI=1S/C15H25N5O2/c1-3-5-9-16-14-13(20(21)22)15(18-11-17-14)19-10-7-6-8-12(19)4-2/h11-12H,3-10H2,1-2H3,(H,16,17,18). The van der Waals surface area contributed by atoms with Crippen LogP contribution in [0.15, 0.2) is 6.33 Å². The van der Waals surface area contributed by atoms with Crippen LogP contribution >= 0.6 is 0 Å². The van der Waals surface area contributed by atoms with Crippen molar-refractivity contribution in [1.82, 2.24) is 9.97 Å². The van der Waals surface area contributed by atoms with Gasteiger partial charge in [-0.1, -0.05) is 20.3 Å². The van der Waals surface area contributed by atoms with Crippen molar-refractivity contribution < 1.29 is 4.92 Å². The lowest BCUT2D eigenvalue weighted by Crippen LogP contribution is -2.40. The van der Waals surface area contributed by atoms with Crippen molar-refractivity contribution in [1.29, 1.82) is 0 Å². The van der Waals surface area contributed by atoms with Gasteiger partial charge in [0.2, 0.25) is 11.6 Å². The van der Waals surface area contributed by atoms with Crippen LogP contribution in [0, 0.1) is 10.1 Å². The zero-order valence-electron chi connectivity index (χ0n) is 13.4. The summed E-state index contributed by atoms with van der Waals surface area (Å²) in [5.41, 5.74) is 0.0129. The van der Waals surface area contributed by atoms with Gasteiger partial charge in [0.25, 0.3) is 0 Å². The lowest BCUT2D eigenvalue weighted by atomic mass is 10.00. The van der Waals surface area contributed by atoms with Crippen molar-refractivity contribution in [2.45, 2.75) is 58.4 Å². The maximum atomic E-state index is 11.6. The van der Waals surface area contributed by atoms with Crippen LogP contribution in [0.2, 0.25) is 0 Å². The Morgan fingerprint density at radius 2 is 2.23 bits per heavy atom. The fourth-order valence-electron chi connectivity index (χ4n) is 2.96. The Bertz CT molecular complexity index is 509. The van der Waals surface area contributed by atoms with Gasteiger partial charge in [0.1, 0.15) is 6.33 Å². The van der Waals surface area contributed by atoms with Gasteiger partial charge in [-0.3, -0.25) is 10.1 Å². The average molecular weight is 307 g/mol. The number of aromatic nitrogens is 2. The Hall–Kier alpha value is -1.92. The van der Waals surface area contributed by atoms with Crippen LogP contribution in [0.4, 0.5) is 17.3 Å². The van der Waals surface area contributed by atoms with Crippen molar-refractivity contribution in [3.63, 3.8) is 0 Å². The lowest BCUT2D eigenvalue weighted by Gasteiger charge is -2.35. The molecule has 1 unspecified atom stereocenters. The smallest absolute Gasteiger partial charge is 0.353 e. The number of hydrogen-bond acceptors (Lipinski definition) is 6. The second-order valence-electron chi connectivity index (χ2n) is 5.68. The van der Waals surface area contributed by atoms with E-state index in [1.165, 1.54) is 12.7 Å². The molecule has 0 aliphatic carbocycles. The van der Waals surface area contributed by atoms with Gasteiger partial charge in [0, 0.05) is 19.1 Å². The Balaban J connectivity index is 2.33. The molecule has 1 aromatic heterocycles. The van der Waals surface area contributed by atoms with Crippen LogP contribution in [0.1, 0.15) is 52.4 Å². The average Bonchev–Trinajstić information content (AvgIpc) is 2.54. The third-order valence-electron chi connectivity index (χ3n) is 4.18. The van der Waals surface area contributed by atoms with Gasteiger partial charge < -0.3 is 10.2 Å². The summed E-state index contributed by atoms with van der Waals surface area (Å²) < 4.78 is 0. The first-order valence-corrected chi connectivity index (χ1v) is 8.18. The van der Waals surface area contributed by atoms with E-state index < -0.39 is 0 Å². The number of hydrogen-bond donors (Lipinski definition) is 1. The van der Waals surface area contributed by atoms with Gasteiger partial charge in [-0.15, -0.1) is 0 Å². The molecule has 0 amide bonds. The normalized spacial score (nSPS) is 18.3. The maximum absolute atomic E-state index is 11.6. The van der Waals surface area contributed by atoms with Crippen LogP contribution < -0.4 is 10.2 Å². The summed E-state index contributed by atoms with van der Waals surface area (Å²) in [7, 11) is 0. The molecule has 1 aromatic rings. The van der Waals surface area contributed by atoms with E-state index in [1.807, 2.05) is 0 Å². The molecule has 122 valence electrons. The SMILES string of the molecule is CCCCNc1ncnc(N2CCCCC2CC)c1[N+](=O)[O-]. The number of nitrogens with zero attached hydrogens (tertiary/aromatic N) is 4. The highest BCUT2D eigenvalue weighted by Gasteiger charge is 2.31. The number of nitro groups is 1. The van der Waals surface area contributed by atoms with E-state index in [0.29, 0.717) is 24.2 Å². The summed E-state index contributed by atoms with van der Waals surface area (Å²) >= 11 is 0. The highest BCUT2D eigenvalue weighted by atomic mass is 16.6. The number of unbranched alkanes of at least 4 members (excludes halogenated alkanes) is 1. The molecule has 1 fully saturated rings. The molecule has 0 radical (unpaired) electrons. The first-order chi connectivity index (χ1) is 10.7. The van der Waals surface area contributed by atoms with Crippen molar-refractivity contribution >= 4 is 17.3 Å². The molecule has 1 saturated heterocycles. The quantitative estimate of drug-likeness (QED) is 0.472. The number of nitrogens with one attached hydrogen (secondary N) is 1. The van der Waals surface area contributed by atoms with Crippen molar-refractivity contribution in [2.24, 2.45) is 0 Å². The Labute approximate surface area is 131 Å². The van der Waals surface area contributed by atoms with E-state index in [-0.39, 0.29) is 10.6 Å². The van der Waals surface area contributed by atoms with Crippen molar-refractivity contribution in [3.8, 4) is 0 Å². The summed E-state index contributed by atoms with van der Waals surface area (Å²) in [5.74, 6) is 0.800. The van der Waals surface area contributed by atoms with E-state index in [0.717, 1.165) is 38.6 Å². The van der Waals surface area contributed by atoms with E-state index >= 15 is 0 Å². The molecule has 0 spiro atoms. The molecule has 22 heavy (non-hydrogen) atoms. The summed E-state index contributed by atoms with van der Waals surface area (Å²) in [6.07, 6.45) is 7.68. The van der Waals surface area contributed by atoms with Gasteiger partial charge >= 0.3 is 5.69 Å². The Morgan fingerprint density at radius 3 is 2.91 bits per heavy atom. The molecule has 7 heteroatoms. The highest BCUT2D eigenvalue weighted by molar-refractivity contribution is 5.70. The minimum Gasteiger partial charge on any atom is -0.364 e. The minimum atomic E-state index is -0.356. The lowest BCUT2D eigenvalue weighted by molar-refractivity contribution is -0.383. The van der Waals surface area contributed by atoms with E-state index in [9.17, 15) is 10.1 Å². The fourth-order valence-corrected chi connectivity index (χ4v) is 2.96. The topological polar surface area (TPSA) is 84.2 Å². The van der Waals surface area contributed by atoms with Gasteiger partial charge in [0.15, 0.2) is 0 Å². The Kier molecular flexibility index (Phi) is 5.91. The molecule has 1 N–H and O–H groups in total. The highest BCUT2D eigenvalue weighted by Crippen LogP contribution is 2.35. The molecule has 1 atom stereocenters. The third-order valence-corrected chi connectivity index (χ3v) is 4.18. The van der Waals surface area contributed by atoms with Gasteiger partial charge in [-0.2, -0.15) is 0 Å². The van der Waals surface area contributed by atoms with Crippen LogP contribution in [-0.4, -0.2) is 34.0 Å². The minimum absolute atomic E-state index is 0.0129. The fraction of sp³-hybridized carbons (Fsp3) is 0.733. The molecule has 2 heterocycles. The zero-order valence-corrected chi connectivity index (χ0v) is 13.4. The predicted octanol–water partition coefficient (Wildman–Crippen LogP) is 3.37. The van der Waals surface area contributed by atoms with Crippen molar-refractivity contribution in [2.75, 3.05) is 23.3 Å². The van der Waals surface area contributed by atoms with Crippen LogP contribution in [0.25, 0.3) is 0 Å². The molecular formula is C15H25N5O2. The molecule has 7 nitrogen and oxygen atoms in total. The van der Waals surface area contributed by atoms with Crippen LogP contribution in [0.5, 0.6) is 0 Å². The number of rotatable bonds is 7. The number of piperidine rings is 1. The second kappa shape index (κ2) is 7.91. The predicted molar refractivity (Wildman–Crippen MR) is 87.4 cm³/mol. The third kappa shape index (κ3) is 3.64. The van der Waals surface area contributed by atoms with Crippen LogP contribution in [-0.2, 0) is 0 Å². The number of anilines is 2. The second-order valence-corrected chi connectivity index (χ2v) is 5.68. The molecular weight excluding hydrogens is 282 g/mol. The van der Waals surface area contributed by atoms with Gasteiger partial charge in [-0.05, 0) is 32.1 Å². The maximum Gasteiger partial charge on any atom is 0.353 e. The first kappa shape index (κ1) is 16.5. The van der Waals surface area contributed by atoms with Gasteiger partial charge in [-0.25, -0.2) is 9.97 Å². The monoisotopic (exact) mass is 307 g/mol. The first-order valence-electron chi connectivity index (χ1n) is 8.18. The zero-order chi connectivity index (χ0) is 15.9. The van der Waals surface area contributed by atoms with E-state index in [2.05, 4.69) is 34.0 Å². The van der Waals surface area contributed by atoms with E-state index in [1.54, 1.807) is 0 Å². The Morgan fingerprint density at radius 1 is 1.41 bits per heavy atom. The molecule has 0 bridgehead atoms. The molecule has 1 aliphatic rings. The molecule has 2 rings (SSSR count).